The summed E-state index contributed by atoms with van der Waals surface area (Å²) in [6.07, 6.45) is 0. The predicted molar refractivity (Wildman–Crippen MR) is 104 cm³/mol. The number of hydrogen-bond acceptors (Lipinski definition) is 2. The van der Waals surface area contributed by atoms with Crippen molar-refractivity contribution < 1.29 is 18.9 Å². The molecule has 0 aliphatic rings. The number of halogens is 1. The molecule has 0 heterocycles. The first-order chi connectivity index (χ1) is 12.8. The zero-order valence-corrected chi connectivity index (χ0v) is 16.3. The molecule has 5 nitrogen and oxygen atoms in total. The summed E-state index contributed by atoms with van der Waals surface area (Å²) in [6, 6.07) is 13.4. The van der Waals surface area contributed by atoms with E-state index in [-0.39, 0.29) is 30.2 Å². The highest BCUT2D eigenvalue weighted by molar-refractivity contribution is 5.94. The number of quaternary nitrogens is 1. The molecular weight excluding hydrogens is 345 g/mol. The highest BCUT2D eigenvalue weighted by atomic mass is 19.1. The van der Waals surface area contributed by atoms with Crippen molar-refractivity contribution in [3.63, 3.8) is 0 Å². The summed E-state index contributed by atoms with van der Waals surface area (Å²) < 4.78 is 13.0. The molecule has 6 heteroatoms. The van der Waals surface area contributed by atoms with Crippen molar-refractivity contribution in [3.05, 3.63) is 65.5 Å². The van der Waals surface area contributed by atoms with Crippen LogP contribution in [-0.4, -0.2) is 43.4 Å². The van der Waals surface area contributed by atoms with Crippen molar-refractivity contribution in [2.45, 2.75) is 26.4 Å². The van der Waals surface area contributed by atoms with Crippen LogP contribution in [0.15, 0.2) is 48.5 Å². The van der Waals surface area contributed by atoms with E-state index >= 15 is 0 Å². The monoisotopic (exact) mass is 372 g/mol. The number of rotatable bonds is 7. The Hall–Kier alpha value is -2.73. The maximum absolute atomic E-state index is 13.0. The fraction of sp³-hybridized carbons (Fsp3) is 0.333. The van der Waals surface area contributed by atoms with Crippen LogP contribution in [0.5, 0.6) is 0 Å². The van der Waals surface area contributed by atoms with E-state index in [0.717, 1.165) is 16.0 Å². The molecule has 1 unspecified atom stereocenters. The maximum atomic E-state index is 13.0. The average molecular weight is 372 g/mol. The minimum absolute atomic E-state index is 0.0130. The lowest BCUT2D eigenvalue weighted by atomic mass is 10.2. The van der Waals surface area contributed by atoms with E-state index in [1.165, 1.54) is 17.0 Å². The van der Waals surface area contributed by atoms with Gasteiger partial charge in [0.1, 0.15) is 12.4 Å². The maximum Gasteiger partial charge on any atom is 0.280 e. The van der Waals surface area contributed by atoms with Crippen LogP contribution in [0.25, 0.3) is 0 Å². The minimum Gasteiger partial charge on any atom is -0.331 e. The Bertz CT molecular complexity index is 775. The highest BCUT2D eigenvalue weighted by Crippen LogP contribution is 2.08. The first kappa shape index (κ1) is 20.6. The van der Waals surface area contributed by atoms with Crippen LogP contribution in [0, 0.1) is 12.7 Å². The number of carbonyl (C=O) groups excluding carboxylic acids is 2. The van der Waals surface area contributed by atoms with Gasteiger partial charge in [0, 0.05) is 18.3 Å². The fourth-order valence-corrected chi connectivity index (χ4v) is 2.75. The lowest BCUT2D eigenvalue weighted by molar-refractivity contribution is -0.908. The highest BCUT2D eigenvalue weighted by Gasteiger charge is 2.26. The summed E-state index contributed by atoms with van der Waals surface area (Å²) in [4.78, 5) is 27.2. The van der Waals surface area contributed by atoms with Crippen molar-refractivity contribution in [1.29, 1.82) is 0 Å². The van der Waals surface area contributed by atoms with Gasteiger partial charge in [-0.15, -0.1) is 0 Å². The second-order valence-corrected chi connectivity index (χ2v) is 6.98. The molecule has 2 N–H and O–H groups in total. The first-order valence-electron chi connectivity index (χ1n) is 8.94. The molecule has 0 saturated heterocycles. The normalized spacial score (nSPS) is 12.9. The van der Waals surface area contributed by atoms with Crippen LogP contribution >= 0.6 is 0 Å². The number of nitrogens with zero attached hydrogens (tertiary/aromatic N) is 1. The molecule has 0 aliphatic heterocycles. The predicted octanol–water partition coefficient (Wildman–Crippen LogP) is 1.63. The first-order valence-corrected chi connectivity index (χ1v) is 8.94. The quantitative estimate of drug-likeness (QED) is 0.776. The van der Waals surface area contributed by atoms with Gasteiger partial charge in [-0.05, 0) is 38.1 Å². The van der Waals surface area contributed by atoms with Crippen molar-refractivity contribution >= 4 is 17.5 Å². The third kappa shape index (κ3) is 6.18. The molecule has 27 heavy (non-hydrogen) atoms. The van der Waals surface area contributed by atoms with Gasteiger partial charge >= 0.3 is 0 Å². The van der Waals surface area contributed by atoms with E-state index in [2.05, 4.69) is 5.32 Å². The molecule has 0 aliphatic carbocycles. The third-order valence-electron chi connectivity index (χ3n) is 4.60. The SMILES string of the molecule is Cc1ccc(NC(=O)CN(C)C(=O)[C@H](C)[NH+](C)Cc2ccc(F)cc2)cc1. The van der Waals surface area contributed by atoms with Crippen molar-refractivity contribution in [3.8, 4) is 0 Å². The van der Waals surface area contributed by atoms with Gasteiger partial charge in [0.2, 0.25) is 5.91 Å². The van der Waals surface area contributed by atoms with Gasteiger partial charge < -0.3 is 15.1 Å². The third-order valence-corrected chi connectivity index (χ3v) is 4.60. The number of likely N-dealkylation sites (N-methyl/N-ethyl adjacent to an activating group) is 2. The molecule has 0 bridgehead atoms. The summed E-state index contributed by atoms with van der Waals surface area (Å²) >= 11 is 0. The summed E-state index contributed by atoms with van der Waals surface area (Å²) in [5.41, 5.74) is 2.77. The van der Waals surface area contributed by atoms with Crippen LogP contribution in [-0.2, 0) is 16.1 Å². The van der Waals surface area contributed by atoms with Gasteiger partial charge in [0.05, 0.1) is 13.6 Å². The molecular formula is C21H27FN3O2+. The summed E-state index contributed by atoms with van der Waals surface area (Å²) in [6.45, 7) is 4.39. The Labute approximate surface area is 159 Å². The Morgan fingerprint density at radius 2 is 1.70 bits per heavy atom. The molecule has 2 atom stereocenters. The topological polar surface area (TPSA) is 53.9 Å². The van der Waals surface area contributed by atoms with Crippen molar-refractivity contribution in [2.75, 3.05) is 26.0 Å². The summed E-state index contributed by atoms with van der Waals surface area (Å²) in [7, 11) is 3.53. The van der Waals surface area contributed by atoms with Crippen LogP contribution in [0.3, 0.4) is 0 Å². The van der Waals surface area contributed by atoms with Gasteiger partial charge in [-0.2, -0.15) is 0 Å². The number of benzene rings is 2. The number of carbonyl (C=O) groups is 2. The second-order valence-electron chi connectivity index (χ2n) is 6.98. The molecule has 2 aromatic carbocycles. The van der Waals surface area contributed by atoms with Gasteiger partial charge in [-0.1, -0.05) is 29.8 Å². The van der Waals surface area contributed by atoms with Crippen LogP contribution in [0.1, 0.15) is 18.1 Å². The molecule has 0 radical (unpaired) electrons. The number of nitrogens with one attached hydrogen (secondary N) is 2. The van der Waals surface area contributed by atoms with E-state index in [4.69, 9.17) is 0 Å². The van der Waals surface area contributed by atoms with Gasteiger partial charge in [0.25, 0.3) is 5.91 Å². The van der Waals surface area contributed by atoms with E-state index in [0.29, 0.717) is 12.2 Å². The Kier molecular flexibility index (Phi) is 7.07. The number of aryl methyl sites for hydroxylation is 1. The molecule has 144 valence electrons. The van der Waals surface area contributed by atoms with E-state index < -0.39 is 0 Å². The van der Waals surface area contributed by atoms with Gasteiger partial charge in [-0.25, -0.2) is 4.39 Å². The average Bonchev–Trinajstić information content (AvgIpc) is 2.64. The van der Waals surface area contributed by atoms with Crippen LogP contribution < -0.4 is 10.2 Å². The number of amides is 2. The molecule has 0 saturated carbocycles. The molecule has 2 amide bonds. The van der Waals surface area contributed by atoms with E-state index in [9.17, 15) is 14.0 Å². The van der Waals surface area contributed by atoms with E-state index in [1.807, 2.05) is 45.2 Å². The molecule has 0 aromatic heterocycles. The Morgan fingerprint density at radius 3 is 2.30 bits per heavy atom. The molecule has 2 aromatic rings. The Morgan fingerprint density at radius 1 is 1.11 bits per heavy atom. The number of hydrogen-bond donors (Lipinski definition) is 2. The van der Waals surface area contributed by atoms with Crippen molar-refractivity contribution in [2.24, 2.45) is 0 Å². The van der Waals surface area contributed by atoms with Gasteiger partial charge in [0.15, 0.2) is 6.04 Å². The second kappa shape index (κ2) is 9.28. The van der Waals surface area contributed by atoms with Crippen LogP contribution in [0.2, 0.25) is 0 Å². The lowest BCUT2D eigenvalue weighted by Gasteiger charge is -2.25. The van der Waals surface area contributed by atoms with E-state index in [1.54, 1.807) is 19.2 Å². The van der Waals surface area contributed by atoms with Crippen molar-refractivity contribution in [1.82, 2.24) is 4.90 Å². The number of anilines is 1. The zero-order chi connectivity index (χ0) is 20.0. The molecule has 0 spiro atoms. The lowest BCUT2D eigenvalue weighted by Crippen LogP contribution is -3.12. The largest absolute Gasteiger partial charge is 0.331 e. The zero-order valence-electron chi connectivity index (χ0n) is 16.3. The molecule has 2 rings (SSSR count). The molecule has 0 fully saturated rings. The smallest absolute Gasteiger partial charge is 0.280 e. The Balaban J connectivity index is 1.87. The van der Waals surface area contributed by atoms with Crippen LogP contribution in [0.4, 0.5) is 10.1 Å². The summed E-state index contributed by atoms with van der Waals surface area (Å²) in [5.74, 6) is -0.633. The van der Waals surface area contributed by atoms with Gasteiger partial charge in [-0.3, -0.25) is 9.59 Å². The fourth-order valence-electron chi connectivity index (χ4n) is 2.75. The standard InChI is InChI=1S/C21H26FN3O2/c1-15-5-11-19(12-6-15)23-20(26)14-25(4)21(27)16(2)24(3)13-17-7-9-18(22)10-8-17/h5-12,16H,13-14H2,1-4H3,(H,23,26)/p+1/t16-/m0/s1. The summed E-state index contributed by atoms with van der Waals surface area (Å²) in [5, 5.41) is 2.79. The minimum atomic E-state index is -0.327.